The molecular weight excluding hydrogens is 327 g/mol. The molecule has 2 aromatic rings. The number of aryl methyl sites for hydroxylation is 1. The van der Waals surface area contributed by atoms with Crippen LogP contribution < -0.4 is 5.32 Å². The summed E-state index contributed by atoms with van der Waals surface area (Å²) in [6.07, 6.45) is 0.836. The molecule has 4 heteroatoms. The quantitative estimate of drug-likeness (QED) is 0.884. The fourth-order valence-electron chi connectivity index (χ4n) is 3.86. The zero-order chi connectivity index (χ0) is 18.5. The Kier molecular flexibility index (Phi) is 6.04. The predicted octanol–water partition coefficient (Wildman–Crippen LogP) is 3.88. The average molecular weight is 354 g/mol. The number of likely N-dealkylation sites (tertiary alicyclic amines) is 1. The summed E-state index contributed by atoms with van der Waals surface area (Å²) in [5.41, 5.74) is 3.17. The monoisotopic (exact) mass is 354 g/mol. The van der Waals surface area contributed by atoms with E-state index in [2.05, 4.69) is 41.4 Å². The molecule has 0 bridgehead atoms. The van der Waals surface area contributed by atoms with Crippen molar-refractivity contribution >= 4 is 5.91 Å². The Morgan fingerprint density at radius 3 is 2.73 bits per heavy atom. The highest BCUT2D eigenvalue weighted by atomic mass is 19.1. The second-order valence-corrected chi connectivity index (χ2v) is 7.22. The maximum absolute atomic E-state index is 14.1. The number of nitrogens with zero attached hydrogens (tertiary/aromatic N) is 1. The smallest absolute Gasteiger partial charge is 0.224 e. The molecule has 1 aliphatic heterocycles. The summed E-state index contributed by atoms with van der Waals surface area (Å²) in [7, 11) is 0. The number of nitrogens with one attached hydrogen (secondary N) is 1. The number of hydrogen-bond acceptors (Lipinski definition) is 2. The van der Waals surface area contributed by atoms with Crippen LogP contribution in [0.15, 0.2) is 48.5 Å². The van der Waals surface area contributed by atoms with E-state index in [9.17, 15) is 9.18 Å². The van der Waals surface area contributed by atoms with Crippen LogP contribution in [-0.2, 0) is 11.3 Å². The molecule has 26 heavy (non-hydrogen) atoms. The van der Waals surface area contributed by atoms with Crippen LogP contribution in [0.5, 0.6) is 0 Å². The zero-order valence-corrected chi connectivity index (χ0v) is 15.5. The van der Waals surface area contributed by atoms with E-state index < -0.39 is 0 Å². The van der Waals surface area contributed by atoms with Gasteiger partial charge in [0, 0.05) is 31.7 Å². The standard InChI is InChI=1S/C22H27FN2O/c1-3-24-22(26)20-12-19(17-9-6-7-16(2)11-17)14-25(15-20)13-18-8-4-5-10-21(18)23/h4-11,19-20H,3,12-15H2,1-2H3,(H,24,26)/t19-,20-/m1/s1. The van der Waals surface area contributed by atoms with Gasteiger partial charge >= 0.3 is 0 Å². The van der Waals surface area contributed by atoms with E-state index in [4.69, 9.17) is 0 Å². The third-order valence-corrected chi connectivity index (χ3v) is 5.11. The molecule has 1 saturated heterocycles. The maximum atomic E-state index is 14.1. The van der Waals surface area contributed by atoms with Crippen LogP contribution in [-0.4, -0.2) is 30.4 Å². The third-order valence-electron chi connectivity index (χ3n) is 5.11. The summed E-state index contributed by atoms with van der Waals surface area (Å²) < 4.78 is 14.1. The van der Waals surface area contributed by atoms with Crippen molar-refractivity contribution in [2.24, 2.45) is 5.92 Å². The van der Waals surface area contributed by atoms with Crippen LogP contribution in [0.25, 0.3) is 0 Å². The van der Waals surface area contributed by atoms with Gasteiger partial charge in [-0.05, 0) is 37.8 Å². The number of carbonyl (C=O) groups excluding carboxylic acids is 1. The lowest BCUT2D eigenvalue weighted by molar-refractivity contribution is -0.127. The van der Waals surface area contributed by atoms with Gasteiger partial charge in [-0.2, -0.15) is 0 Å². The molecule has 3 nitrogen and oxygen atoms in total. The Bertz CT molecular complexity index is 761. The molecule has 2 atom stereocenters. The Labute approximate surface area is 155 Å². The normalized spacial score (nSPS) is 20.7. The van der Waals surface area contributed by atoms with Crippen LogP contribution in [0.4, 0.5) is 4.39 Å². The molecule has 1 fully saturated rings. The molecule has 3 rings (SSSR count). The van der Waals surface area contributed by atoms with Gasteiger partial charge < -0.3 is 5.32 Å². The van der Waals surface area contributed by atoms with Gasteiger partial charge in [0.25, 0.3) is 0 Å². The number of hydrogen-bond donors (Lipinski definition) is 1. The van der Waals surface area contributed by atoms with Crippen LogP contribution >= 0.6 is 0 Å². The summed E-state index contributed by atoms with van der Waals surface area (Å²) >= 11 is 0. The van der Waals surface area contributed by atoms with E-state index in [0.717, 1.165) is 13.0 Å². The van der Waals surface area contributed by atoms with Crippen LogP contribution in [0, 0.1) is 18.7 Å². The van der Waals surface area contributed by atoms with Gasteiger partial charge in [0.05, 0.1) is 5.92 Å². The fraction of sp³-hybridized carbons (Fsp3) is 0.409. The Morgan fingerprint density at radius 1 is 1.19 bits per heavy atom. The van der Waals surface area contributed by atoms with Crippen molar-refractivity contribution in [1.29, 1.82) is 0 Å². The molecule has 0 unspecified atom stereocenters. The molecule has 1 N–H and O–H groups in total. The maximum Gasteiger partial charge on any atom is 0.224 e. The van der Waals surface area contributed by atoms with E-state index in [1.807, 2.05) is 19.1 Å². The first kappa shape index (κ1) is 18.6. The third kappa shape index (κ3) is 4.50. The molecule has 1 heterocycles. The van der Waals surface area contributed by atoms with E-state index in [0.29, 0.717) is 25.2 Å². The summed E-state index contributed by atoms with van der Waals surface area (Å²) in [6, 6.07) is 15.4. The van der Waals surface area contributed by atoms with Crippen LogP contribution in [0.3, 0.4) is 0 Å². The summed E-state index contributed by atoms with van der Waals surface area (Å²) in [5, 5.41) is 2.95. The Hall–Kier alpha value is -2.20. The molecule has 138 valence electrons. The molecule has 0 saturated carbocycles. The minimum Gasteiger partial charge on any atom is -0.356 e. The molecule has 0 spiro atoms. The first-order valence-corrected chi connectivity index (χ1v) is 9.37. The van der Waals surface area contributed by atoms with Gasteiger partial charge in [-0.3, -0.25) is 9.69 Å². The molecule has 1 amide bonds. The molecule has 2 aromatic carbocycles. The predicted molar refractivity (Wildman–Crippen MR) is 102 cm³/mol. The summed E-state index contributed by atoms with van der Waals surface area (Å²) in [5.74, 6) is 0.132. The molecule has 0 aromatic heterocycles. The van der Waals surface area contributed by atoms with Gasteiger partial charge in [-0.25, -0.2) is 4.39 Å². The number of carbonyl (C=O) groups is 1. The van der Waals surface area contributed by atoms with Gasteiger partial charge in [0.1, 0.15) is 5.82 Å². The second-order valence-electron chi connectivity index (χ2n) is 7.22. The van der Waals surface area contributed by atoms with Crippen molar-refractivity contribution in [2.75, 3.05) is 19.6 Å². The van der Waals surface area contributed by atoms with E-state index >= 15 is 0 Å². The van der Waals surface area contributed by atoms with Crippen molar-refractivity contribution in [3.05, 3.63) is 71.0 Å². The SMILES string of the molecule is CCNC(=O)[C@@H]1C[C@@H](c2cccc(C)c2)CN(Cc2ccccc2F)C1. The highest BCUT2D eigenvalue weighted by Gasteiger charge is 2.32. The highest BCUT2D eigenvalue weighted by Crippen LogP contribution is 2.32. The van der Waals surface area contributed by atoms with E-state index in [-0.39, 0.29) is 23.6 Å². The van der Waals surface area contributed by atoms with Crippen molar-refractivity contribution in [2.45, 2.75) is 32.7 Å². The Balaban J connectivity index is 1.82. The topological polar surface area (TPSA) is 32.3 Å². The van der Waals surface area contributed by atoms with Crippen molar-refractivity contribution in [3.8, 4) is 0 Å². The first-order valence-electron chi connectivity index (χ1n) is 9.37. The highest BCUT2D eigenvalue weighted by molar-refractivity contribution is 5.79. The lowest BCUT2D eigenvalue weighted by atomic mass is 9.83. The second kappa shape index (κ2) is 8.45. The van der Waals surface area contributed by atoms with Crippen molar-refractivity contribution in [3.63, 3.8) is 0 Å². The largest absolute Gasteiger partial charge is 0.356 e. The minimum atomic E-state index is -0.181. The summed E-state index contributed by atoms with van der Waals surface area (Å²) in [4.78, 5) is 14.7. The van der Waals surface area contributed by atoms with Gasteiger partial charge in [0.2, 0.25) is 5.91 Å². The van der Waals surface area contributed by atoms with Gasteiger partial charge in [-0.1, -0.05) is 48.0 Å². The fourth-order valence-corrected chi connectivity index (χ4v) is 3.86. The average Bonchev–Trinajstić information content (AvgIpc) is 2.63. The number of amides is 1. The Morgan fingerprint density at radius 2 is 2.00 bits per heavy atom. The minimum absolute atomic E-state index is 0.0685. The lowest BCUT2D eigenvalue weighted by Crippen LogP contribution is -2.45. The van der Waals surface area contributed by atoms with Crippen molar-refractivity contribution in [1.82, 2.24) is 10.2 Å². The number of piperidine rings is 1. The molecular formula is C22H27FN2O. The number of halogens is 1. The zero-order valence-electron chi connectivity index (χ0n) is 15.5. The number of benzene rings is 2. The van der Waals surface area contributed by atoms with E-state index in [1.54, 1.807) is 6.07 Å². The van der Waals surface area contributed by atoms with E-state index in [1.165, 1.54) is 17.2 Å². The van der Waals surface area contributed by atoms with Crippen molar-refractivity contribution < 1.29 is 9.18 Å². The van der Waals surface area contributed by atoms with Crippen LogP contribution in [0.1, 0.15) is 36.0 Å². The van der Waals surface area contributed by atoms with Crippen LogP contribution in [0.2, 0.25) is 0 Å². The molecule has 0 aliphatic carbocycles. The first-order chi connectivity index (χ1) is 12.6. The molecule has 0 radical (unpaired) electrons. The number of rotatable bonds is 5. The lowest BCUT2D eigenvalue weighted by Gasteiger charge is -2.37. The summed E-state index contributed by atoms with van der Waals surface area (Å²) in [6.45, 7) is 6.71. The molecule has 1 aliphatic rings. The van der Waals surface area contributed by atoms with Gasteiger partial charge in [0.15, 0.2) is 0 Å². The van der Waals surface area contributed by atoms with Gasteiger partial charge in [-0.15, -0.1) is 0 Å².